The number of fused-ring (bicyclic) bond motifs is 1. The molecule has 3 rings (SSSR count). The highest BCUT2D eigenvalue weighted by atomic mass is 16.5. The summed E-state index contributed by atoms with van der Waals surface area (Å²) < 4.78 is 11.9. The third-order valence-corrected chi connectivity index (χ3v) is 4.63. The molecule has 7 nitrogen and oxygen atoms in total. The summed E-state index contributed by atoms with van der Waals surface area (Å²) >= 11 is 0. The molecule has 1 atom stereocenters. The first kappa shape index (κ1) is 20.4. The summed E-state index contributed by atoms with van der Waals surface area (Å²) in [6.45, 7) is 2.34. The zero-order valence-electron chi connectivity index (χ0n) is 16.5. The SMILES string of the molecule is C[C@@H](OC(=O)CCCn1c(=O)oc2ccccc21)C(=O)N(C)Cc1ccccc1. The third kappa shape index (κ3) is 5.13. The van der Waals surface area contributed by atoms with Crippen LogP contribution in [0.3, 0.4) is 0 Å². The maximum Gasteiger partial charge on any atom is 0.419 e. The second-order valence-electron chi connectivity index (χ2n) is 6.90. The largest absolute Gasteiger partial charge is 0.453 e. The fourth-order valence-electron chi connectivity index (χ4n) is 3.16. The van der Waals surface area contributed by atoms with Crippen LogP contribution in [0.25, 0.3) is 11.1 Å². The molecule has 0 spiro atoms. The second-order valence-corrected chi connectivity index (χ2v) is 6.90. The van der Waals surface area contributed by atoms with Gasteiger partial charge in [0, 0.05) is 26.6 Å². The third-order valence-electron chi connectivity index (χ3n) is 4.63. The normalized spacial score (nSPS) is 11.9. The number of carbonyl (C=O) groups excluding carboxylic acids is 2. The zero-order chi connectivity index (χ0) is 20.8. The molecular formula is C22H24N2O5. The number of rotatable bonds is 8. The van der Waals surface area contributed by atoms with Gasteiger partial charge in [-0.15, -0.1) is 0 Å². The Kier molecular flexibility index (Phi) is 6.49. The lowest BCUT2D eigenvalue weighted by molar-refractivity contribution is -0.158. The van der Waals surface area contributed by atoms with Crippen molar-refractivity contribution in [1.82, 2.24) is 9.47 Å². The number of likely N-dealkylation sites (N-methyl/N-ethyl adjacent to an activating group) is 1. The van der Waals surface area contributed by atoms with E-state index >= 15 is 0 Å². The molecule has 0 N–H and O–H groups in total. The van der Waals surface area contributed by atoms with E-state index in [1.165, 1.54) is 9.47 Å². The predicted molar refractivity (Wildman–Crippen MR) is 108 cm³/mol. The summed E-state index contributed by atoms with van der Waals surface area (Å²) in [5, 5.41) is 0. The van der Waals surface area contributed by atoms with Crippen molar-refractivity contribution in [3.63, 3.8) is 0 Å². The van der Waals surface area contributed by atoms with E-state index in [1.54, 1.807) is 32.2 Å². The van der Waals surface area contributed by atoms with Crippen LogP contribution < -0.4 is 5.76 Å². The summed E-state index contributed by atoms with van der Waals surface area (Å²) in [6, 6.07) is 16.7. The van der Waals surface area contributed by atoms with Crippen LogP contribution in [-0.4, -0.2) is 34.5 Å². The number of oxazole rings is 1. The van der Waals surface area contributed by atoms with Crippen LogP contribution >= 0.6 is 0 Å². The minimum atomic E-state index is -0.867. The second kappa shape index (κ2) is 9.23. The van der Waals surface area contributed by atoms with E-state index in [2.05, 4.69) is 0 Å². The van der Waals surface area contributed by atoms with E-state index in [0.717, 1.165) is 5.56 Å². The lowest BCUT2D eigenvalue weighted by Crippen LogP contribution is -2.37. The van der Waals surface area contributed by atoms with Gasteiger partial charge in [-0.3, -0.25) is 14.2 Å². The Morgan fingerprint density at radius 2 is 1.79 bits per heavy atom. The number of amides is 1. The van der Waals surface area contributed by atoms with Crippen molar-refractivity contribution in [2.75, 3.05) is 7.05 Å². The molecular weight excluding hydrogens is 372 g/mol. The van der Waals surface area contributed by atoms with Gasteiger partial charge in [0.25, 0.3) is 5.91 Å². The lowest BCUT2D eigenvalue weighted by atomic mass is 10.2. The van der Waals surface area contributed by atoms with E-state index in [9.17, 15) is 14.4 Å². The molecule has 0 aliphatic carbocycles. The first-order valence-electron chi connectivity index (χ1n) is 9.52. The van der Waals surface area contributed by atoms with E-state index in [1.807, 2.05) is 36.4 Å². The highest BCUT2D eigenvalue weighted by Gasteiger charge is 2.21. The van der Waals surface area contributed by atoms with E-state index in [0.29, 0.717) is 30.6 Å². The van der Waals surface area contributed by atoms with Crippen molar-refractivity contribution < 1.29 is 18.7 Å². The Balaban J connectivity index is 1.47. The molecule has 0 aliphatic rings. The van der Waals surface area contributed by atoms with Crippen LogP contribution in [0.15, 0.2) is 63.8 Å². The van der Waals surface area contributed by atoms with Gasteiger partial charge in [-0.25, -0.2) is 4.79 Å². The van der Waals surface area contributed by atoms with Crippen molar-refractivity contribution in [1.29, 1.82) is 0 Å². The van der Waals surface area contributed by atoms with E-state index in [4.69, 9.17) is 9.15 Å². The van der Waals surface area contributed by atoms with Gasteiger partial charge in [0.05, 0.1) is 5.52 Å². The predicted octanol–water partition coefficient (Wildman–Crippen LogP) is 2.97. The average Bonchev–Trinajstić information content (AvgIpc) is 3.03. The molecule has 0 unspecified atom stereocenters. The van der Waals surface area contributed by atoms with Gasteiger partial charge in [0.15, 0.2) is 11.7 Å². The Morgan fingerprint density at radius 3 is 2.55 bits per heavy atom. The topological polar surface area (TPSA) is 81.7 Å². The number of aromatic nitrogens is 1. The number of nitrogens with zero attached hydrogens (tertiary/aromatic N) is 2. The number of benzene rings is 2. The van der Waals surface area contributed by atoms with Crippen LogP contribution in [-0.2, 0) is 27.4 Å². The maximum absolute atomic E-state index is 12.4. The molecule has 29 heavy (non-hydrogen) atoms. The average molecular weight is 396 g/mol. The first-order chi connectivity index (χ1) is 14.0. The van der Waals surface area contributed by atoms with Gasteiger partial charge in [-0.05, 0) is 31.0 Å². The smallest absolute Gasteiger partial charge is 0.419 e. The minimum absolute atomic E-state index is 0.103. The molecule has 1 aromatic heterocycles. The molecule has 0 saturated heterocycles. The Bertz CT molecular complexity index is 1040. The summed E-state index contributed by atoms with van der Waals surface area (Å²) in [7, 11) is 1.68. The quantitative estimate of drug-likeness (QED) is 0.547. The van der Waals surface area contributed by atoms with Crippen LogP contribution in [0.4, 0.5) is 0 Å². The highest BCUT2D eigenvalue weighted by molar-refractivity contribution is 5.83. The number of ether oxygens (including phenoxy) is 1. The fourth-order valence-corrected chi connectivity index (χ4v) is 3.16. The Morgan fingerprint density at radius 1 is 1.10 bits per heavy atom. The van der Waals surface area contributed by atoms with Crippen LogP contribution in [0.1, 0.15) is 25.3 Å². The molecule has 0 saturated carbocycles. The zero-order valence-corrected chi connectivity index (χ0v) is 16.5. The van der Waals surface area contributed by atoms with Gasteiger partial charge in [0.1, 0.15) is 0 Å². The molecule has 7 heteroatoms. The molecule has 0 fully saturated rings. The summed E-state index contributed by atoms with van der Waals surface area (Å²) in [4.78, 5) is 38.0. The molecule has 1 amide bonds. The number of hydrogen-bond acceptors (Lipinski definition) is 5. The molecule has 0 radical (unpaired) electrons. The van der Waals surface area contributed by atoms with E-state index in [-0.39, 0.29) is 12.3 Å². The number of para-hydroxylation sites is 2. The van der Waals surface area contributed by atoms with Gasteiger partial charge in [-0.1, -0.05) is 42.5 Å². The molecule has 3 aromatic rings. The van der Waals surface area contributed by atoms with Gasteiger partial charge < -0.3 is 14.1 Å². The molecule has 1 heterocycles. The maximum atomic E-state index is 12.4. The van der Waals surface area contributed by atoms with Crippen LogP contribution in [0.2, 0.25) is 0 Å². The van der Waals surface area contributed by atoms with E-state index < -0.39 is 17.8 Å². The monoisotopic (exact) mass is 396 g/mol. The van der Waals surface area contributed by atoms with Gasteiger partial charge in [-0.2, -0.15) is 0 Å². The minimum Gasteiger partial charge on any atom is -0.453 e. The number of esters is 1. The molecule has 0 aliphatic heterocycles. The van der Waals surface area contributed by atoms with Crippen molar-refractivity contribution in [3.05, 3.63) is 70.7 Å². The van der Waals surface area contributed by atoms with Crippen molar-refractivity contribution in [2.45, 2.75) is 39.0 Å². The van der Waals surface area contributed by atoms with Crippen molar-refractivity contribution in [2.24, 2.45) is 0 Å². The Labute approximate surface area is 168 Å². The number of carbonyl (C=O) groups is 2. The standard InChI is InChI=1S/C22H24N2O5/c1-16(21(26)23(2)15-17-9-4-3-5-10-17)28-20(25)13-8-14-24-18-11-6-7-12-19(18)29-22(24)27/h3-7,9-12,16H,8,13-15H2,1-2H3/t16-/m1/s1. The van der Waals surface area contributed by atoms with Crippen molar-refractivity contribution >= 4 is 23.0 Å². The molecule has 152 valence electrons. The number of aryl methyl sites for hydroxylation is 1. The molecule has 2 aromatic carbocycles. The summed E-state index contributed by atoms with van der Waals surface area (Å²) in [5.74, 6) is -1.19. The van der Waals surface area contributed by atoms with Crippen LogP contribution in [0.5, 0.6) is 0 Å². The van der Waals surface area contributed by atoms with Gasteiger partial charge in [0.2, 0.25) is 0 Å². The summed E-state index contributed by atoms with van der Waals surface area (Å²) in [6.07, 6.45) is -0.358. The van der Waals surface area contributed by atoms with Gasteiger partial charge >= 0.3 is 11.7 Å². The first-order valence-corrected chi connectivity index (χ1v) is 9.52. The Hall–Kier alpha value is -3.35. The lowest BCUT2D eigenvalue weighted by Gasteiger charge is -2.21. The van der Waals surface area contributed by atoms with Crippen molar-refractivity contribution in [3.8, 4) is 0 Å². The van der Waals surface area contributed by atoms with Crippen LogP contribution in [0, 0.1) is 0 Å². The number of hydrogen-bond donors (Lipinski definition) is 0. The fraction of sp³-hybridized carbons (Fsp3) is 0.318. The molecule has 0 bridgehead atoms. The summed E-state index contributed by atoms with van der Waals surface area (Å²) in [5.41, 5.74) is 2.21. The highest BCUT2D eigenvalue weighted by Crippen LogP contribution is 2.13.